The molecule has 2 aromatic rings. The molecule has 0 aliphatic heterocycles. The number of benzene rings is 1. The highest BCUT2D eigenvalue weighted by molar-refractivity contribution is 7.89. The molecule has 1 aromatic heterocycles. The van der Waals surface area contributed by atoms with Gasteiger partial charge in [-0.25, -0.2) is 13.1 Å². The second kappa shape index (κ2) is 6.38. The Morgan fingerprint density at radius 2 is 2.00 bits per heavy atom. The third-order valence-electron chi connectivity index (χ3n) is 3.42. The summed E-state index contributed by atoms with van der Waals surface area (Å²) in [7, 11) is -2.05. The fourth-order valence-corrected chi connectivity index (χ4v) is 3.38. The minimum absolute atomic E-state index is 0.0868. The second-order valence-electron chi connectivity index (χ2n) is 4.96. The fraction of sp³-hybridized carbons (Fsp3) is 0.357. The molecule has 21 heavy (non-hydrogen) atoms. The third-order valence-corrected chi connectivity index (χ3v) is 4.87. The first-order valence-electron chi connectivity index (χ1n) is 6.61. The Hall–Kier alpha value is -1.70. The summed E-state index contributed by atoms with van der Waals surface area (Å²) in [5.74, 6) is -0.150. The average molecular weight is 309 g/mol. The highest BCUT2D eigenvalue weighted by atomic mass is 32.2. The van der Waals surface area contributed by atoms with Gasteiger partial charge >= 0.3 is 0 Å². The van der Waals surface area contributed by atoms with Gasteiger partial charge in [-0.2, -0.15) is 5.10 Å². The molecule has 0 saturated carbocycles. The molecule has 7 heteroatoms. The first kappa shape index (κ1) is 15.7. The summed E-state index contributed by atoms with van der Waals surface area (Å²) in [6, 6.07) is 8.88. The minimum atomic E-state index is -3.70. The number of hydrogen-bond acceptors (Lipinski definition) is 4. The molecule has 0 spiro atoms. The van der Waals surface area contributed by atoms with Crippen LogP contribution in [0.2, 0.25) is 0 Å². The van der Waals surface area contributed by atoms with Crippen LogP contribution in [-0.4, -0.2) is 36.0 Å². The molecule has 114 valence electrons. The zero-order valence-electron chi connectivity index (χ0n) is 12.0. The van der Waals surface area contributed by atoms with Crippen molar-refractivity contribution in [3.05, 3.63) is 48.3 Å². The van der Waals surface area contributed by atoms with Crippen molar-refractivity contribution < 1.29 is 13.5 Å². The lowest BCUT2D eigenvalue weighted by Gasteiger charge is -2.23. The number of aliphatic hydroxyl groups excluding tert-OH is 1. The van der Waals surface area contributed by atoms with Gasteiger partial charge in [0.25, 0.3) is 0 Å². The van der Waals surface area contributed by atoms with Crippen molar-refractivity contribution in [3.8, 4) is 0 Å². The third kappa shape index (κ3) is 3.69. The summed E-state index contributed by atoms with van der Waals surface area (Å²) >= 11 is 0. The van der Waals surface area contributed by atoms with Gasteiger partial charge in [-0.05, 0) is 11.5 Å². The van der Waals surface area contributed by atoms with Crippen molar-refractivity contribution in [1.29, 1.82) is 0 Å². The van der Waals surface area contributed by atoms with Crippen LogP contribution in [-0.2, 0) is 17.1 Å². The van der Waals surface area contributed by atoms with Crippen molar-refractivity contribution in [2.45, 2.75) is 23.8 Å². The van der Waals surface area contributed by atoms with E-state index in [-0.39, 0.29) is 17.4 Å². The van der Waals surface area contributed by atoms with Crippen LogP contribution in [0.5, 0.6) is 0 Å². The Morgan fingerprint density at radius 3 is 2.52 bits per heavy atom. The van der Waals surface area contributed by atoms with E-state index in [0.717, 1.165) is 5.56 Å². The van der Waals surface area contributed by atoms with Crippen molar-refractivity contribution in [3.63, 3.8) is 0 Å². The van der Waals surface area contributed by atoms with Crippen LogP contribution in [0.1, 0.15) is 18.4 Å². The highest BCUT2D eigenvalue weighted by Crippen LogP contribution is 2.20. The van der Waals surface area contributed by atoms with Gasteiger partial charge < -0.3 is 5.11 Å². The van der Waals surface area contributed by atoms with E-state index in [1.165, 1.54) is 17.1 Å². The number of sulfonamides is 1. The molecule has 0 radical (unpaired) electrons. The Bertz CT molecular complexity index is 682. The molecule has 0 saturated heterocycles. The van der Waals surface area contributed by atoms with Gasteiger partial charge in [0.15, 0.2) is 0 Å². The van der Waals surface area contributed by atoms with Gasteiger partial charge in [0, 0.05) is 13.2 Å². The Morgan fingerprint density at radius 1 is 1.33 bits per heavy atom. The van der Waals surface area contributed by atoms with Gasteiger partial charge in [-0.15, -0.1) is 0 Å². The van der Waals surface area contributed by atoms with E-state index < -0.39 is 16.1 Å². The molecule has 0 unspecified atom stereocenters. The molecule has 2 rings (SSSR count). The SMILES string of the molecule is C[C@@H](c1ccccc1)[C@H](CO)NS(=O)(=O)c1cnn(C)c1. The summed E-state index contributed by atoms with van der Waals surface area (Å²) in [6.07, 6.45) is 2.70. The van der Waals surface area contributed by atoms with E-state index in [9.17, 15) is 13.5 Å². The number of rotatable bonds is 6. The lowest BCUT2D eigenvalue weighted by molar-refractivity contribution is 0.242. The molecule has 6 nitrogen and oxygen atoms in total. The summed E-state index contributed by atoms with van der Waals surface area (Å²) in [6.45, 7) is 1.59. The summed E-state index contributed by atoms with van der Waals surface area (Å²) in [5, 5.41) is 13.4. The summed E-state index contributed by atoms with van der Waals surface area (Å²) in [5.41, 5.74) is 0.963. The lowest BCUT2D eigenvalue weighted by atomic mass is 9.94. The maximum Gasteiger partial charge on any atom is 0.244 e. The molecular formula is C14H19N3O3S. The van der Waals surface area contributed by atoms with E-state index in [1.807, 2.05) is 37.3 Å². The molecule has 0 aliphatic rings. The van der Waals surface area contributed by atoms with Crippen LogP contribution in [0, 0.1) is 0 Å². The first-order chi connectivity index (χ1) is 9.94. The maximum absolute atomic E-state index is 12.3. The fourth-order valence-electron chi connectivity index (χ4n) is 2.09. The minimum Gasteiger partial charge on any atom is -0.395 e. The van der Waals surface area contributed by atoms with Gasteiger partial charge in [-0.3, -0.25) is 4.68 Å². The van der Waals surface area contributed by atoms with Crippen LogP contribution >= 0.6 is 0 Å². The molecule has 0 bridgehead atoms. The van der Waals surface area contributed by atoms with Crippen LogP contribution in [0.4, 0.5) is 0 Å². The van der Waals surface area contributed by atoms with Crippen molar-refractivity contribution in [2.24, 2.45) is 7.05 Å². The Kier molecular flexibility index (Phi) is 4.76. The van der Waals surface area contributed by atoms with Crippen molar-refractivity contribution in [1.82, 2.24) is 14.5 Å². The number of hydrogen-bond donors (Lipinski definition) is 2. The largest absolute Gasteiger partial charge is 0.395 e. The van der Waals surface area contributed by atoms with Crippen LogP contribution in [0.3, 0.4) is 0 Å². The molecule has 1 aromatic carbocycles. The van der Waals surface area contributed by atoms with Crippen LogP contribution < -0.4 is 4.72 Å². The number of aliphatic hydroxyl groups is 1. The van der Waals surface area contributed by atoms with Gasteiger partial charge in [0.2, 0.25) is 10.0 Å². The molecular weight excluding hydrogens is 290 g/mol. The predicted octanol–water partition coefficient (Wildman–Crippen LogP) is 0.863. The van der Waals surface area contributed by atoms with Crippen molar-refractivity contribution >= 4 is 10.0 Å². The monoisotopic (exact) mass is 309 g/mol. The van der Waals surface area contributed by atoms with Gasteiger partial charge in [0.05, 0.1) is 18.8 Å². The quantitative estimate of drug-likeness (QED) is 0.829. The van der Waals surface area contributed by atoms with Gasteiger partial charge in [-0.1, -0.05) is 37.3 Å². The molecule has 0 amide bonds. The van der Waals surface area contributed by atoms with E-state index in [0.29, 0.717) is 0 Å². The Labute approximate surface area is 124 Å². The summed E-state index contributed by atoms with van der Waals surface area (Å²) < 4.78 is 28.5. The van der Waals surface area contributed by atoms with E-state index in [4.69, 9.17) is 0 Å². The van der Waals surface area contributed by atoms with E-state index in [1.54, 1.807) is 7.05 Å². The molecule has 0 aliphatic carbocycles. The van der Waals surface area contributed by atoms with Crippen LogP contribution in [0.15, 0.2) is 47.6 Å². The van der Waals surface area contributed by atoms with Gasteiger partial charge in [0.1, 0.15) is 4.90 Å². The standard InChI is InChI=1S/C14H19N3O3S/c1-11(12-6-4-3-5-7-12)14(10-18)16-21(19,20)13-8-15-17(2)9-13/h3-9,11,14,16,18H,10H2,1-2H3/t11-,14-/m0/s1. The summed E-state index contributed by atoms with van der Waals surface area (Å²) in [4.78, 5) is 0.0868. The Balaban J connectivity index is 2.19. The highest BCUT2D eigenvalue weighted by Gasteiger charge is 2.25. The number of nitrogens with zero attached hydrogens (tertiary/aromatic N) is 2. The number of nitrogens with one attached hydrogen (secondary N) is 1. The van der Waals surface area contributed by atoms with Crippen molar-refractivity contribution in [2.75, 3.05) is 6.61 Å². The molecule has 2 N–H and O–H groups in total. The predicted molar refractivity (Wildman–Crippen MR) is 79.3 cm³/mol. The zero-order chi connectivity index (χ0) is 15.5. The van der Waals surface area contributed by atoms with E-state index in [2.05, 4.69) is 9.82 Å². The smallest absolute Gasteiger partial charge is 0.244 e. The molecule has 1 heterocycles. The first-order valence-corrected chi connectivity index (χ1v) is 8.09. The average Bonchev–Trinajstić information content (AvgIpc) is 2.92. The zero-order valence-corrected chi connectivity index (χ0v) is 12.8. The number of aromatic nitrogens is 2. The molecule has 0 fully saturated rings. The topological polar surface area (TPSA) is 84.2 Å². The van der Waals surface area contributed by atoms with Crippen LogP contribution in [0.25, 0.3) is 0 Å². The van der Waals surface area contributed by atoms with E-state index >= 15 is 0 Å². The molecule has 2 atom stereocenters. The normalized spacial score (nSPS) is 14.8. The number of aryl methyl sites for hydroxylation is 1. The lowest BCUT2D eigenvalue weighted by Crippen LogP contribution is -2.40. The maximum atomic E-state index is 12.3. The second-order valence-corrected chi connectivity index (χ2v) is 6.67.